The van der Waals surface area contributed by atoms with Gasteiger partial charge in [-0.05, 0) is 85.6 Å². The van der Waals surface area contributed by atoms with E-state index in [1.165, 1.54) is 11.8 Å². The van der Waals surface area contributed by atoms with Crippen LogP contribution in [0.2, 0.25) is 5.02 Å². The summed E-state index contributed by atoms with van der Waals surface area (Å²) >= 11 is 7.31. The lowest BCUT2D eigenvalue weighted by Gasteiger charge is -2.17. The normalized spacial score (nSPS) is 15.2. The Morgan fingerprint density at radius 1 is 1.08 bits per heavy atom. The molecule has 0 atom stereocenters. The van der Waals surface area contributed by atoms with Crippen molar-refractivity contribution in [3.8, 4) is 11.5 Å². The maximum atomic E-state index is 12.6. The zero-order chi connectivity index (χ0) is 25.5. The molecule has 1 saturated heterocycles. The molecule has 0 bridgehead atoms. The molecule has 3 aromatic rings. The molecule has 0 saturated carbocycles. The molecule has 0 radical (unpaired) electrons. The second-order valence-corrected chi connectivity index (χ2v) is 9.63. The molecule has 1 fully saturated rings. The fraction of sp³-hybridized carbons (Fsp3) is 0.172. The van der Waals surface area contributed by atoms with Gasteiger partial charge < -0.3 is 14.8 Å². The highest BCUT2D eigenvalue weighted by molar-refractivity contribution is 8.18. The predicted octanol–water partition coefficient (Wildman–Crippen LogP) is 7.25. The van der Waals surface area contributed by atoms with Gasteiger partial charge in [0.15, 0.2) is 16.7 Å². The molecule has 1 aliphatic rings. The minimum absolute atomic E-state index is 0.183. The number of aryl methyl sites for hydroxylation is 1. The molecule has 4 rings (SSSR count). The summed E-state index contributed by atoms with van der Waals surface area (Å²) in [6.07, 6.45) is 4.25. The smallest absolute Gasteiger partial charge is 0.264 e. The number of amides is 1. The topological polar surface area (TPSA) is 59.9 Å². The number of rotatable bonds is 9. The van der Waals surface area contributed by atoms with E-state index in [-0.39, 0.29) is 5.91 Å². The monoisotopic (exact) mass is 518 g/mol. The van der Waals surface area contributed by atoms with E-state index in [4.69, 9.17) is 21.1 Å². The Kier molecular flexibility index (Phi) is 8.52. The standard InChI is InChI=1S/C29H27ClN2O3S/c1-4-6-22-15-21(16-25(34-5-2)27(22)35-18-20-9-11-23(30)12-10-20)17-26-28(33)32-29(36-26)31-24-13-7-19(3)8-14-24/h4,7-17H,1,5-6,18H2,2-3H3,(H,31,32,33)/b26-17+. The first-order valence-corrected chi connectivity index (χ1v) is 12.8. The summed E-state index contributed by atoms with van der Waals surface area (Å²) in [6.45, 7) is 8.69. The number of benzene rings is 3. The quantitative estimate of drug-likeness (QED) is 0.239. The molecule has 0 aliphatic carbocycles. The van der Waals surface area contributed by atoms with Crippen molar-refractivity contribution in [1.82, 2.24) is 5.32 Å². The summed E-state index contributed by atoms with van der Waals surface area (Å²) < 4.78 is 12.1. The van der Waals surface area contributed by atoms with Crippen molar-refractivity contribution in [2.24, 2.45) is 4.99 Å². The van der Waals surface area contributed by atoms with Gasteiger partial charge in [-0.3, -0.25) is 4.79 Å². The van der Waals surface area contributed by atoms with Crippen LogP contribution >= 0.6 is 23.4 Å². The van der Waals surface area contributed by atoms with Gasteiger partial charge in [0.25, 0.3) is 5.91 Å². The molecular weight excluding hydrogens is 492 g/mol. The van der Waals surface area contributed by atoms with E-state index in [0.29, 0.717) is 46.2 Å². The molecule has 0 unspecified atom stereocenters. The van der Waals surface area contributed by atoms with E-state index < -0.39 is 0 Å². The second kappa shape index (κ2) is 12.0. The second-order valence-electron chi connectivity index (χ2n) is 8.17. The van der Waals surface area contributed by atoms with E-state index in [2.05, 4.69) is 16.9 Å². The largest absolute Gasteiger partial charge is 0.490 e. The Morgan fingerprint density at radius 2 is 1.83 bits per heavy atom. The molecule has 7 heteroatoms. The molecule has 3 aromatic carbocycles. The zero-order valence-corrected chi connectivity index (χ0v) is 21.8. The summed E-state index contributed by atoms with van der Waals surface area (Å²) in [6, 6.07) is 19.3. The fourth-order valence-electron chi connectivity index (χ4n) is 3.61. The highest BCUT2D eigenvalue weighted by Gasteiger charge is 2.24. The number of thioether (sulfide) groups is 1. The number of aliphatic imine (C=N–C) groups is 1. The molecule has 184 valence electrons. The number of halogens is 1. The van der Waals surface area contributed by atoms with E-state index >= 15 is 0 Å². The van der Waals surface area contributed by atoms with Crippen LogP contribution in [-0.2, 0) is 17.8 Å². The molecular formula is C29H27ClN2O3S. The van der Waals surface area contributed by atoms with Crippen LogP contribution < -0.4 is 14.8 Å². The number of hydrogen-bond acceptors (Lipinski definition) is 5. The average Bonchev–Trinajstić information content (AvgIpc) is 3.19. The van der Waals surface area contributed by atoms with Gasteiger partial charge in [-0.25, -0.2) is 4.99 Å². The number of ether oxygens (including phenoxy) is 2. The van der Waals surface area contributed by atoms with Crippen LogP contribution in [0.3, 0.4) is 0 Å². The Bertz CT molecular complexity index is 1320. The maximum Gasteiger partial charge on any atom is 0.264 e. The van der Waals surface area contributed by atoms with Crippen molar-refractivity contribution >= 4 is 46.2 Å². The van der Waals surface area contributed by atoms with Crippen LogP contribution in [0.4, 0.5) is 5.69 Å². The van der Waals surface area contributed by atoms with Crippen molar-refractivity contribution in [2.75, 3.05) is 6.61 Å². The van der Waals surface area contributed by atoms with E-state index in [1.807, 2.05) is 86.7 Å². The molecule has 1 heterocycles. The molecule has 1 amide bonds. The summed E-state index contributed by atoms with van der Waals surface area (Å²) in [5, 5.41) is 4.08. The van der Waals surface area contributed by atoms with Crippen LogP contribution in [-0.4, -0.2) is 17.7 Å². The lowest BCUT2D eigenvalue weighted by Crippen LogP contribution is -2.19. The summed E-state index contributed by atoms with van der Waals surface area (Å²) in [5.74, 6) is 1.10. The lowest BCUT2D eigenvalue weighted by molar-refractivity contribution is -0.115. The van der Waals surface area contributed by atoms with Crippen molar-refractivity contribution in [3.63, 3.8) is 0 Å². The number of allylic oxidation sites excluding steroid dienone is 1. The van der Waals surface area contributed by atoms with Crippen LogP contribution in [0.5, 0.6) is 11.5 Å². The number of amidine groups is 1. The van der Waals surface area contributed by atoms with Crippen molar-refractivity contribution < 1.29 is 14.3 Å². The third kappa shape index (κ3) is 6.59. The van der Waals surface area contributed by atoms with Gasteiger partial charge in [0.2, 0.25) is 0 Å². The first-order valence-electron chi connectivity index (χ1n) is 11.6. The van der Waals surface area contributed by atoms with E-state index in [0.717, 1.165) is 27.9 Å². The first kappa shape index (κ1) is 25.6. The third-order valence-electron chi connectivity index (χ3n) is 5.33. The Morgan fingerprint density at radius 3 is 2.53 bits per heavy atom. The van der Waals surface area contributed by atoms with E-state index in [1.54, 1.807) is 0 Å². The molecule has 0 spiro atoms. The van der Waals surface area contributed by atoms with Crippen molar-refractivity contribution in [2.45, 2.75) is 26.9 Å². The predicted molar refractivity (Wildman–Crippen MR) is 149 cm³/mol. The Labute approximate surface area is 220 Å². The molecule has 0 aromatic heterocycles. The summed E-state index contributed by atoms with van der Waals surface area (Å²) in [4.78, 5) is 17.7. The summed E-state index contributed by atoms with van der Waals surface area (Å²) in [7, 11) is 0. The van der Waals surface area contributed by atoms with Crippen LogP contribution in [0.1, 0.15) is 29.2 Å². The van der Waals surface area contributed by atoms with Crippen LogP contribution in [0, 0.1) is 6.92 Å². The summed E-state index contributed by atoms with van der Waals surface area (Å²) in [5.41, 5.74) is 4.71. The van der Waals surface area contributed by atoms with Gasteiger partial charge in [0.05, 0.1) is 17.2 Å². The number of hydrogen-bond donors (Lipinski definition) is 1. The van der Waals surface area contributed by atoms with Gasteiger partial charge in [0, 0.05) is 10.6 Å². The third-order valence-corrected chi connectivity index (χ3v) is 6.49. The van der Waals surface area contributed by atoms with Gasteiger partial charge in [-0.15, -0.1) is 6.58 Å². The van der Waals surface area contributed by atoms with Crippen LogP contribution in [0.25, 0.3) is 6.08 Å². The average molecular weight is 519 g/mol. The molecule has 1 N–H and O–H groups in total. The van der Waals surface area contributed by atoms with Gasteiger partial charge in [-0.1, -0.05) is 47.5 Å². The van der Waals surface area contributed by atoms with Crippen molar-refractivity contribution in [3.05, 3.63) is 106 Å². The minimum atomic E-state index is -0.183. The zero-order valence-electron chi connectivity index (χ0n) is 20.2. The first-order chi connectivity index (χ1) is 17.4. The minimum Gasteiger partial charge on any atom is -0.490 e. The van der Waals surface area contributed by atoms with Crippen molar-refractivity contribution in [1.29, 1.82) is 0 Å². The molecule has 5 nitrogen and oxygen atoms in total. The maximum absolute atomic E-state index is 12.6. The molecule has 1 aliphatic heterocycles. The Balaban J connectivity index is 1.61. The van der Waals surface area contributed by atoms with Crippen LogP contribution in [0.15, 0.2) is 83.2 Å². The SMILES string of the molecule is C=CCc1cc(/C=C2/SC(=Nc3ccc(C)cc3)NC2=O)cc(OCC)c1OCc1ccc(Cl)cc1. The number of carbonyl (C=O) groups is 1. The number of nitrogens with one attached hydrogen (secondary N) is 1. The number of carbonyl (C=O) groups excluding carboxylic acids is 1. The van der Waals surface area contributed by atoms with Gasteiger partial charge >= 0.3 is 0 Å². The van der Waals surface area contributed by atoms with Gasteiger partial charge in [0.1, 0.15) is 6.61 Å². The Hall–Kier alpha value is -3.48. The van der Waals surface area contributed by atoms with Gasteiger partial charge in [-0.2, -0.15) is 0 Å². The fourth-order valence-corrected chi connectivity index (χ4v) is 4.57. The molecule has 36 heavy (non-hydrogen) atoms. The lowest BCUT2D eigenvalue weighted by atomic mass is 10.0. The highest BCUT2D eigenvalue weighted by Crippen LogP contribution is 2.37. The van der Waals surface area contributed by atoms with E-state index in [9.17, 15) is 4.79 Å². The number of nitrogens with zero attached hydrogens (tertiary/aromatic N) is 1. The highest BCUT2D eigenvalue weighted by atomic mass is 35.5.